The van der Waals surface area contributed by atoms with E-state index in [1.807, 2.05) is 19.2 Å². The zero-order valence-corrected chi connectivity index (χ0v) is 12.4. The summed E-state index contributed by atoms with van der Waals surface area (Å²) >= 11 is 0. The summed E-state index contributed by atoms with van der Waals surface area (Å²) in [6.07, 6.45) is 3.41. The number of hydrogen-bond acceptors (Lipinski definition) is 5. The van der Waals surface area contributed by atoms with Crippen molar-refractivity contribution >= 4 is 28.7 Å². The maximum absolute atomic E-state index is 11.9. The number of hydrogen-bond donors (Lipinski definition) is 3. The van der Waals surface area contributed by atoms with Crippen molar-refractivity contribution < 1.29 is 9.59 Å². The highest BCUT2D eigenvalue weighted by Gasteiger charge is 2.16. The van der Waals surface area contributed by atoms with Crippen molar-refractivity contribution in [3.8, 4) is 0 Å². The average Bonchev–Trinajstić information content (AvgIpc) is 3.14. The fourth-order valence-electron chi connectivity index (χ4n) is 2.07. The van der Waals surface area contributed by atoms with Gasteiger partial charge in [-0.15, -0.1) is 0 Å². The molecule has 0 unspecified atom stereocenters. The third-order valence-electron chi connectivity index (χ3n) is 3.17. The van der Waals surface area contributed by atoms with Gasteiger partial charge in [0.05, 0.1) is 17.6 Å². The number of H-pyrrole nitrogens is 1. The van der Waals surface area contributed by atoms with Gasteiger partial charge in [-0.3, -0.25) is 19.4 Å². The molecule has 3 aromatic heterocycles. The number of anilines is 1. The molecular weight excluding hydrogens is 298 g/mol. The van der Waals surface area contributed by atoms with Crippen LogP contribution in [0.1, 0.15) is 5.69 Å². The Morgan fingerprint density at radius 3 is 2.96 bits per heavy atom. The zero-order chi connectivity index (χ0) is 16.2. The summed E-state index contributed by atoms with van der Waals surface area (Å²) in [5.74, 6) is -1.15. The van der Waals surface area contributed by atoms with Crippen molar-refractivity contribution in [1.29, 1.82) is 0 Å². The molecule has 0 fully saturated rings. The number of amides is 2. The van der Waals surface area contributed by atoms with E-state index in [0.29, 0.717) is 29.9 Å². The van der Waals surface area contributed by atoms with E-state index in [4.69, 9.17) is 0 Å². The molecule has 0 saturated carbocycles. The highest BCUT2D eigenvalue weighted by Crippen LogP contribution is 2.17. The van der Waals surface area contributed by atoms with Crippen molar-refractivity contribution in [2.24, 2.45) is 0 Å². The van der Waals surface area contributed by atoms with Gasteiger partial charge < -0.3 is 10.6 Å². The van der Waals surface area contributed by atoms with Gasteiger partial charge in [-0.2, -0.15) is 10.2 Å². The topological polar surface area (TPSA) is 118 Å². The Morgan fingerprint density at radius 1 is 1.30 bits per heavy atom. The Labute approximate surface area is 131 Å². The molecule has 0 aromatic carbocycles. The molecule has 118 valence electrons. The zero-order valence-electron chi connectivity index (χ0n) is 12.4. The summed E-state index contributed by atoms with van der Waals surface area (Å²) in [7, 11) is 0. The highest BCUT2D eigenvalue weighted by atomic mass is 16.2. The third-order valence-corrected chi connectivity index (χ3v) is 3.17. The molecule has 0 bridgehead atoms. The smallest absolute Gasteiger partial charge is 0.314 e. The third kappa shape index (κ3) is 3.34. The largest absolute Gasteiger partial charge is 0.346 e. The lowest BCUT2D eigenvalue weighted by Gasteiger charge is -2.05. The summed E-state index contributed by atoms with van der Waals surface area (Å²) in [6, 6.07) is 5.34. The molecule has 23 heavy (non-hydrogen) atoms. The van der Waals surface area contributed by atoms with Crippen molar-refractivity contribution in [1.82, 2.24) is 30.3 Å². The Balaban J connectivity index is 1.54. The molecule has 0 aliphatic carbocycles. The van der Waals surface area contributed by atoms with Crippen LogP contribution in [0, 0.1) is 6.92 Å². The monoisotopic (exact) mass is 313 g/mol. The van der Waals surface area contributed by atoms with Gasteiger partial charge in [0.15, 0.2) is 5.65 Å². The normalized spacial score (nSPS) is 10.7. The van der Waals surface area contributed by atoms with Crippen LogP contribution >= 0.6 is 0 Å². The van der Waals surface area contributed by atoms with Crippen LogP contribution in [0.25, 0.3) is 11.0 Å². The number of carbonyl (C=O) groups is 2. The van der Waals surface area contributed by atoms with Crippen LogP contribution in [0.15, 0.2) is 30.6 Å². The number of aromatic amines is 1. The highest BCUT2D eigenvalue weighted by molar-refractivity contribution is 6.40. The van der Waals surface area contributed by atoms with E-state index in [2.05, 4.69) is 30.9 Å². The molecule has 0 radical (unpaired) electrons. The lowest BCUT2D eigenvalue weighted by atomic mass is 10.3. The minimum Gasteiger partial charge on any atom is -0.346 e. The maximum atomic E-state index is 11.9. The molecular formula is C14H15N7O2. The molecule has 0 atom stereocenters. The van der Waals surface area contributed by atoms with Gasteiger partial charge >= 0.3 is 11.8 Å². The molecule has 2 amide bonds. The van der Waals surface area contributed by atoms with Crippen LogP contribution in [0.5, 0.6) is 0 Å². The van der Waals surface area contributed by atoms with Crippen LogP contribution < -0.4 is 10.6 Å². The van der Waals surface area contributed by atoms with Crippen LogP contribution in [0.3, 0.4) is 0 Å². The van der Waals surface area contributed by atoms with Gasteiger partial charge in [0, 0.05) is 18.9 Å². The number of carbonyl (C=O) groups excluding carboxylic acids is 2. The first kappa shape index (κ1) is 14.7. The molecule has 3 aromatic rings. The van der Waals surface area contributed by atoms with Crippen LogP contribution in [0.4, 0.5) is 5.82 Å². The number of rotatable bonds is 4. The first-order valence-electron chi connectivity index (χ1n) is 7.02. The first-order chi connectivity index (χ1) is 11.1. The predicted molar refractivity (Wildman–Crippen MR) is 82.5 cm³/mol. The summed E-state index contributed by atoms with van der Waals surface area (Å²) in [6.45, 7) is 2.68. The molecule has 9 heteroatoms. The van der Waals surface area contributed by atoms with Gasteiger partial charge in [0.25, 0.3) is 0 Å². The van der Waals surface area contributed by atoms with Gasteiger partial charge in [0.1, 0.15) is 5.82 Å². The van der Waals surface area contributed by atoms with E-state index in [1.165, 1.54) is 0 Å². The molecule has 0 spiro atoms. The van der Waals surface area contributed by atoms with Crippen molar-refractivity contribution in [2.45, 2.75) is 13.5 Å². The fraction of sp³-hybridized carbons (Fsp3) is 0.214. The Hall–Kier alpha value is -3.23. The summed E-state index contributed by atoms with van der Waals surface area (Å²) in [5.41, 5.74) is 1.37. The van der Waals surface area contributed by atoms with E-state index in [9.17, 15) is 9.59 Å². The van der Waals surface area contributed by atoms with Crippen molar-refractivity contribution in [2.75, 3.05) is 11.9 Å². The standard InChI is InChI=1S/C14H15N7O2/c1-9-4-7-21(20-9)8-6-16-13(22)14(23)17-12-10-3-2-5-15-11(10)18-19-12/h2-5,7H,6,8H2,1H3,(H,16,22)(H2,15,17,18,19,23). The van der Waals surface area contributed by atoms with E-state index in [-0.39, 0.29) is 0 Å². The van der Waals surface area contributed by atoms with E-state index >= 15 is 0 Å². The lowest BCUT2D eigenvalue weighted by Crippen LogP contribution is -2.37. The van der Waals surface area contributed by atoms with Crippen molar-refractivity contribution in [3.05, 3.63) is 36.3 Å². The van der Waals surface area contributed by atoms with Gasteiger partial charge in [-0.25, -0.2) is 4.98 Å². The molecule has 9 nitrogen and oxygen atoms in total. The summed E-state index contributed by atoms with van der Waals surface area (Å²) in [5, 5.41) is 16.4. The SMILES string of the molecule is Cc1ccn(CCNC(=O)C(=O)Nc2[nH]nc3ncccc23)n1. The fourth-order valence-corrected chi connectivity index (χ4v) is 2.07. The molecule has 0 aliphatic heterocycles. The predicted octanol–water partition coefficient (Wildman–Crippen LogP) is 0.218. The second kappa shape index (κ2) is 6.26. The van der Waals surface area contributed by atoms with Gasteiger partial charge in [0.2, 0.25) is 0 Å². The van der Waals surface area contributed by atoms with Crippen LogP contribution in [-0.4, -0.2) is 43.3 Å². The second-order valence-electron chi connectivity index (χ2n) is 4.90. The molecule has 3 N–H and O–H groups in total. The Bertz CT molecular complexity index is 852. The second-order valence-corrected chi connectivity index (χ2v) is 4.90. The maximum Gasteiger partial charge on any atom is 0.314 e. The first-order valence-corrected chi connectivity index (χ1v) is 7.02. The minimum atomic E-state index is -0.768. The molecule has 0 aliphatic rings. The van der Waals surface area contributed by atoms with Crippen LogP contribution in [-0.2, 0) is 16.1 Å². The minimum absolute atomic E-state index is 0.304. The number of pyridine rings is 1. The summed E-state index contributed by atoms with van der Waals surface area (Å²) in [4.78, 5) is 27.7. The van der Waals surface area contributed by atoms with E-state index in [0.717, 1.165) is 5.69 Å². The Morgan fingerprint density at radius 2 is 2.17 bits per heavy atom. The average molecular weight is 313 g/mol. The van der Waals surface area contributed by atoms with Crippen LogP contribution in [0.2, 0.25) is 0 Å². The number of aryl methyl sites for hydroxylation is 1. The number of fused-ring (bicyclic) bond motifs is 1. The number of nitrogens with one attached hydrogen (secondary N) is 3. The Kier molecular flexibility index (Phi) is 4.00. The van der Waals surface area contributed by atoms with Gasteiger partial charge in [-0.1, -0.05) is 0 Å². The van der Waals surface area contributed by atoms with Gasteiger partial charge in [-0.05, 0) is 25.1 Å². The quantitative estimate of drug-likeness (QED) is 0.595. The summed E-state index contributed by atoms with van der Waals surface area (Å²) < 4.78 is 1.70. The van der Waals surface area contributed by atoms with Crippen molar-refractivity contribution in [3.63, 3.8) is 0 Å². The van der Waals surface area contributed by atoms with E-state index in [1.54, 1.807) is 23.0 Å². The lowest BCUT2D eigenvalue weighted by molar-refractivity contribution is -0.136. The number of nitrogens with zero attached hydrogens (tertiary/aromatic N) is 4. The number of aromatic nitrogens is 5. The molecule has 3 heterocycles. The van der Waals surface area contributed by atoms with E-state index < -0.39 is 11.8 Å². The molecule has 3 rings (SSSR count). The molecule has 0 saturated heterocycles.